The van der Waals surface area contributed by atoms with E-state index in [4.69, 9.17) is 5.11 Å². The SMILES string of the molecule is CC(Cc1cccc2c1nnn2C)C(=O)O. The van der Waals surface area contributed by atoms with Crippen LogP contribution in [-0.4, -0.2) is 26.1 Å². The van der Waals surface area contributed by atoms with E-state index in [1.165, 1.54) is 0 Å². The second-order valence-electron chi connectivity index (χ2n) is 3.94. The number of carboxylic acids is 1. The number of aryl methyl sites for hydroxylation is 1. The minimum Gasteiger partial charge on any atom is -0.481 e. The number of hydrogen-bond acceptors (Lipinski definition) is 3. The first-order valence-electron chi connectivity index (χ1n) is 5.09. The number of rotatable bonds is 3. The fourth-order valence-electron chi connectivity index (χ4n) is 1.70. The summed E-state index contributed by atoms with van der Waals surface area (Å²) < 4.78 is 1.68. The smallest absolute Gasteiger partial charge is 0.306 e. The Kier molecular flexibility index (Phi) is 2.60. The molecule has 0 amide bonds. The minimum absolute atomic E-state index is 0.410. The maximum absolute atomic E-state index is 10.8. The molecule has 1 atom stereocenters. The van der Waals surface area contributed by atoms with Gasteiger partial charge < -0.3 is 5.11 Å². The molecule has 1 aromatic heterocycles. The molecule has 0 radical (unpaired) electrons. The molecule has 5 heteroatoms. The summed E-state index contributed by atoms with van der Waals surface area (Å²) >= 11 is 0. The summed E-state index contributed by atoms with van der Waals surface area (Å²) in [5.74, 6) is -1.20. The molecule has 1 N–H and O–H groups in total. The lowest BCUT2D eigenvalue weighted by atomic mass is 10.0. The Hall–Kier alpha value is -1.91. The van der Waals surface area contributed by atoms with E-state index in [1.54, 1.807) is 11.6 Å². The van der Waals surface area contributed by atoms with E-state index >= 15 is 0 Å². The van der Waals surface area contributed by atoms with Gasteiger partial charge in [0.15, 0.2) is 0 Å². The number of nitrogens with zero attached hydrogens (tertiary/aromatic N) is 3. The molecule has 84 valence electrons. The van der Waals surface area contributed by atoms with E-state index in [9.17, 15) is 4.79 Å². The van der Waals surface area contributed by atoms with Crippen molar-refractivity contribution >= 4 is 17.0 Å². The molecule has 0 fully saturated rings. The molecule has 1 aromatic carbocycles. The molecular formula is C11H13N3O2. The van der Waals surface area contributed by atoms with Crippen molar-refractivity contribution in [1.29, 1.82) is 0 Å². The Balaban J connectivity index is 2.41. The molecule has 2 rings (SSSR count). The molecule has 0 aliphatic carbocycles. The first-order chi connectivity index (χ1) is 7.59. The van der Waals surface area contributed by atoms with Gasteiger partial charge in [-0.3, -0.25) is 4.79 Å². The lowest BCUT2D eigenvalue weighted by Gasteiger charge is -2.06. The van der Waals surface area contributed by atoms with E-state index in [0.717, 1.165) is 16.6 Å². The molecule has 0 saturated heterocycles. The second-order valence-corrected chi connectivity index (χ2v) is 3.94. The van der Waals surface area contributed by atoms with Gasteiger partial charge in [-0.25, -0.2) is 4.68 Å². The van der Waals surface area contributed by atoms with Crippen molar-refractivity contribution in [2.24, 2.45) is 13.0 Å². The van der Waals surface area contributed by atoms with E-state index in [0.29, 0.717) is 6.42 Å². The van der Waals surface area contributed by atoms with Crippen molar-refractivity contribution in [3.63, 3.8) is 0 Å². The Labute approximate surface area is 92.7 Å². The maximum Gasteiger partial charge on any atom is 0.306 e. The van der Waals surface area contributed by atoms with Crippen LogP contribution in [0.3, 0.4) is 0 Å². The van der Waals surface area contributed by atoms with Gasteiger partial charge in [0.05, 0.1) is 11.4 Å². The van der Waals surface area contributed by atoms with Crippen LogP contribution in [0.25, 0.3) is 11.0 Å². The topological polar surface area (TPSA) is 68.0 Å². The van der Waals surface area contributed by atoms with E-state index in [-0.39, 0.29) is 0 Å². The first-order valence-corrected chi connectivity index (χ1v) is 5.09. The van der Waals surface area contributed by atoms with Gasteiger partial charge in [0.25, 0.3) is 0 Å². The van der Waals surface area contributed by atoms with Crippen LogP contribution >= 0.6 is 0 Å². The lowest BCUT2D eigenvalue weighted by Crippen LogP contribution is -2.12. The summed E-state index contributed by atoms with van der Waals surface area (Å²) in [5.41, 5.74) is 2.65. The molecule has 0 aliphatic heterocycles. The normalized spacial score (nSPS) is 12.9. The highest BCUT2D eigenvalue weighted by molar-refractivity contribution is 5.79. The van der Waals surface area contributed by atoms with Crippen LogP contribution in [0.15, 0.2) is 18.2 Å². The number of carboxylic acid groups (broad SMARTS) is 1. The Morgan fingerprint density at radius 1 is 1.56 bits per heavy atom. The summed E-state index contributed by atoms with van der Waals surface area (Å²) in [5, 5.41) is 16.9. The summed E-state index contributed by atoms with van der Waals surface area (Å²) in [6.45, 7) is 1.69. The van der Waals surface area contributed by atoms with E-state index in [2.05, 4.69) is 10.3 Å². The molecular weight excluding hydrogens is 206 g/mol. The number of benzene rings is 1. The van der Waals surface area contributed by atoms with Gasteiger partial charge >= 0.3 is 5.97 Å². The molecule has 0 aliphatic rings. The zero-order valence-corrected chi connectivity index (χ0v) is 9.21. The van der Waals surface area contributed by atoms with Gasteiger partial charge in [-0.05, 0) is 18.1 Å². The van der Waals surface area contributed by atoms with Crippen LogP contribution < -0.4 is 0 Å². The highest BCUT2D eigenvalue weighted by Crippen LogP contribution is 2.18. The first kappa shape index (κ1) is 10.6. The quantitative estimate of drug-likeness (QED) is 0.843. The third-order valence-electron chi connectivity index (χ3n) is 2.67. The number of aromatic nitrogens is 3. The molecule has 0 spiro atoms. The molecule has 0 saturated carbocycles. The molecule has 16 heavy (non-hydrogen) atoms. The molecule has 2 aromatic rings. The predicted octanol–water partition coefficient (Wildman–Crippen LogP) is 1.23. The average Bonchev–Trinajstić information content (AvgIpc) is 2.62. The van der Waals surface area contributed by atoms with Crippen LogP contribution in [-0.2, 0) is 18.3 Å². The fraction of sp³-hybridized carbons (Fsp3) is 0.364. The molecule has 1 heterocycles. The zero-order chi connectivity index (χ0) is 11.7. The van der Waals surface area contributed by atoms with Gasteiger partial charge in [0.2, 0.25) is 0 Å². The van der Waals surface area contributed by atoms with E-state index < -0.39 is 11.9 Å². The highest BCUT2D eigenvalue weighted by Gasteiger charge is 2.15. The standard InChI is InChI=1S/C11H13N3O2/c1-7(11(15)16)6-8-4-3-5-9-10(8)12-13-14(9)2/h3-5,7H,6H2,1-2H3,(H,15,16). The van der Waals surface area contributed by atoms with Crippen molar-refractivity contribution in [3.8, 4) is 0 Å². The van der Waals surface area contributed by atoms with Gasteiger partial charge in [0, 0.05) is 7.05 Å². The number of aliphatic carboxylic acids is 1. The van der Waals surface area contributed by atoms with Gasteiger partial charge in [-0.1, -0.05) is 24.3 Å². The Bertz CT molecular complexity index is 533. The summed E-state index contributed by atoms with van der Waals surface area (Å²) in [6, 6.07) is 5.72. The maximum atomic E-state index is 10.8. The van der Waals surface area contributed by atoms with Crippen LogP contribution in [0.4, 0.5) is 0 Å². The second kappa shape index (κ2) is 3.92. The summed E-state index contributed by atoms with van der Waals surface area (Å²) in [4.78, 5) is 10.8. The fourth-order valence-corrected chi connectivity index (χ4v) is 1.70. The number of carbonyl (C=O) groups is 1. The average molecular weight is 219 g/mol. The van der Waals surface area contributed by atoms with Crippen LogP contribution in [0, 0.1) is 5.92 Å². The number of hydrogen-bond donors (Lipinski definition) is 1. The summed E-state index contributed by atoms with van der Waals surface area (Å²) in [6.07, 6.45) is 0.478. The van der Waals surface area contributed by atoms with Crippen molar-refractivity contribution in [3.05, 3.63) is 23.8 Å². The lowest BCUT2D eigenvalue weighted by molar-refractivity contribution is -0.141. The molecule has 1 unspecified atom stereocenters. The van der Waals surface area contributed by atoms with Crippen LogP contribution in [0.1, 0.15) is 12.5 Å². The van der Waals surface area contributed by atoms with E-state index in [1.807, 2.05) is 25.2 Å². The molecule has 5 nitrogen and oxygen atoms in total. The highest BCUT2D eigenvalue weighted by atomic mass is 16.4. The Morgan fingerprint density at radius 2 is 2.31 bits per heavy atom. The van der Waals surface area contributed by atoms with Crippen LogP contribution in [0.2, 0.25) is 0 Å². The van der Waals surface area contributed by atoms with Gasteiger partial charge in [0.1, 0.15) is 5.52 Å². The third-order valence-corrected chi connectivity index (χ3v) is 2.67. The Morgan fingerprint density at radius 3 is 3.00 bits per heavy atom. The van der Waals surface area contributed by atoms with Crippen molar-refractivity contribution in [2.45, 2.75) is 13.3 Å². The zero-order valence-electron chi connectivity index (χ0n) is 9.21. The third kappa shape index (κ3) is 1.76. The largest absolute Gasteiger partial charge is 0.481 e. The summed E-state index contributed by atoms with van der Waals surface area (Å²) in [7, 11) is 1.82. The predicted molar refractivity (Wildman–Crippen MR) is 59.0 cm³/mol. The number of fused-ring (bicyclic) bond motifs is 1. The van der Waals surface area contributed by atoms with Crippen molar-refractivity contribution in [1.82, 2.24) is 15.0 Å². The van der Waals surface area contributed by atoms with Crippen molar-refractivity contribution in [2.75, 3.05) is 0 Å². The van der Waals surface area contributed by atoms with Gasteiger partial charge in [-0.15, -0.1) is 5.10 Å². The monoisotopic (exact) mass is 219 g/mol. The van der Waals surface area contributed by atoms with Crippen LogP contribution in [0.5, 0.6) is 0 Å². The minimum atomic E-state index is -0.791. The van der Waals surface area contributed by atoms with Crippen molar-refractivity contribution < 1.29 is 9.90 Å². The molecule has 0 bridgehead atoms. The van der Waals surface area contributed by atoms with Gasteiger partial charge in [-0.2, -0.15) is 0 Å².